The maximum Gasteiger partial charge on any atom is 0.268 e. The number of pyridine rings is 1. The van der Waals surface area contributed by atoms with Crippen molar-refractivity contribution >= 4 is 44.1 Å². The molecular formula is C21H18N2OS. The number of hydrogen-bond donors (Lipinski definition) is 0. The number of carbonyl (C=O) groups is 1. The summed E-state index contributed by atoms with van der Waals surface area (Å²) in [5.74, 6) is -0.00571. The molecule has 0 fully saturated rings. The van der Waals surface area contributed by atoms with Gasteiger partial charge in [-0.2, -0.15) is 0 Å². The number of hydrogen-bond acceptors (Lipinski definition) is 3. The van der Waals surface area contributed by atoms with Crippen molar-refractivity contribution in [3.05, 3.63) is 70.6 Å². The van der Waals surface area contributed by atoms with Crippen LogP contribution >= 0.6 is 11.3 Å². The highest BCUT2D eigenvalue weighted by atomic mass is 32.1. The summed E-state index contributed by atoms with van der Waals surface area (Å²) in [5, 5.41) is 2.13. The van der Waals surface area contributed by atoms with Gasteiger partial charge in [-0.1, -0.05) is 23.8 Å². The predicted molar refractivity (Wildman–Crippen MR) is 106 cm³/mol. The Bertz CT molecular complexity index is 1110. The number of rotatable bonds is 2. The molecule has 1 amide bonds. The van der Waals surface area contributed by atoms with Gasteiger partial charge >= 0.3 is 0 Å². The molecule has 0 bridgehead atoms. The fourth-order valence-corrected chi connectivity index (χ4v) is 3.98. The van der Waals surface area contributed by atoms with Gasteiger partial charge in [-0.05, 0) is 55.8 Å². The monoisotopic (exact) mass is 346 g/mol. The number of benzene rings is 2. The number of carbonyl (C=O) groups excluding carboxylic acids is 1. The Morgan fingerprint density at radius 3 is 2.56 bits per heavy atom. The maximum absolute atomic E-state index is 12.9. The van der Waals surface area contributed by atoms with E-state index in [1.54, 1.807) is 4.90 Å². The topological polar surface area (TPSA) is 33.2 Å². The Hall–Kier alpha value is -2.72. The number of thiophene rings is 1. The molecule has 0 atom stereocenters. The predicted octanol–water partition coefficient (Wildman–Crippen LogP) is 5.34. The molecule has 0 N–H and O–H groups in total. The van der Waals surface area contributed by atoms with Crippen LogP contribution in [0.15, 0.2) is 54.6 Å². The smallest absolute Gasteiger partial charge is 0.268 e. The summed E-state index contributed by atoms with van der Waals surface area (Å²) in [6.45, 7) is 4.10. The van der Waals surface area contributed by atoms with E-state index in [9.17, 15) is 4.79 Å². The van der Waals surface area contributed by atoms with E-state index in [0.29, 0.717) is 4.88 Å². The highest BCUT2D eigenvalue weighted by Gasteiger charge is 2.17. The Balaban J connectivity index is 1.75. The second-order valence-electron chi connectivity index (χ2n) is 6.39. The minimum atomic E-state index is -0.00571. The number of anilines is 1. The molecule has 2 aromatic heterocycles. The third-order valence-corrected chi connectivity index (χ3v) is 5.39. The minimum Gasteiger partial charge on any atom is -0.311 e. The van der Waals surface area contributed by atoms with E-state index in [1.165, 1.54) is 16.9 Å². The van der Waals surface area contributed by atoms with E-state index < -0.39 is 0 Å². The van der Waals surface area contributed by atoms with Gasteiger partial charge in [-0.25, -0.2) is 4.98 Å². The van der Waals surface area contributed by atoms with E-state index in [2.05, 4.69) is 25.1 Å². The average molecular weight is 346 g/mol. The van der Waals surface area contributed by atoms with Crippen LogP contribution in [0.3, 0.4) is 0 Å². The fourth-order valence-electron chi connectivity index (χ4n) is 2.98. The molecule has 124 valence electrons. The average Bonchev–Trinajstić information content (AvgIpc) is 3.01. The van der Waals surface area contributed by atoms with E-state index >= 15 is 0 Å². The van der Waals surface area contributed by atoms with E-state index in [1.807, 2.05) is 50.4 Å². The van der Waals surface area contributed by atoms with Crippen molar-refractivity contribution in [2.45, 2.75) is 13.8 Å². The lowest BCUT2D eigenvalue weighted by Gasteiger charge is -2.16. The maximum atomic E-state index is 12.9. The van der Waals surface area contributed by atoms with Crippen molar-refractivity contribution in [2.75, 3.05) is 11.9 Å². The lowest BCUT2D eigenvalue weighted by molar-refractivity contribution is 0.0997. The molecule has 4 aromatic rings. The first-order valence-corrected chi connectivity index (χ1v) is 8.98. The first kappa shape index (κ1) is 15.8. The standard InChI is InChI=1S/C21H18N2OS/c1-13-5-4-6-17(10-13)23(3)21(24)19-12-16-11-15-9-14(2)7-8-18(15)22-20(16)25-19/h4-12H,1-3H3. The molecule has 0 aliphatic heterocycles. The summed E-state index contributed by atoms with van der Waals surface area (Å²) in [7, 11) is 1.81. The molecule has 4 rings (SSSR count). The largest absolute Gasteiger partial charge is 0.311 e. The van der Waals surface area contributed by atoms with Gasteiger partial charge in [0.05, 0.1) is 10.4 Å². The third-order valence-electron chi connectivity index (χ3n) is 4.36. The highest BCUT2D eigenvalue weighted by molar-refractivity contribution is 7.20. The van der Waals surface area contributed by atoms with Crippen LogP contribution < -0.4 is 4.90 Å². The summed E-state index contributed by atoms with van der Waals surface area (Å²) in [6.07, 6.45) is 0. The van der Waals surface area contributed by atoms with Crippen LogP contribution in [0.5, 0.6) is 0 Å². The van der Waals surface area contributed by atoms with Gasteiger partial charge in [0.25, 0.3) is 5.91 Å². The molecule has 4 heteroatoms. The zero-order valence-electron chi connectivity index (χ0n) is 14.4. The van der Waals surface area contributed by atoms with Gasteiger partial charge in [0.15, 0.2) is 0 Å². The molecule has 0 aliphatic carbocycles. The van der Waals surface area contributed by atoms with Crippen LogP contribution in [0.4, 0.5) is 5.69 Å². The van der Waals surface area contributed by atoms with Crippen molar-refractivity contribution in [2.24, 2.45) is 0 Å². The summed E-state index contributed by atoms with van der Waals surface area (Å²) in [5.41, 5.74) is 4.21. The van der Waals surface area contributed by atoms with Crippen LogP contribution in [-0.2, 0) is 0 Å². The second-order valence-corrected chi connectivity index (χ2v) is 7.42. The summed E-state index contributed by atoms with van der Waals surface area (Å²) >= 11 is 1.45. The van der Waals surface area contributed by atoms with Gasteiger partial charge in [0.2, 0.25) is 0 Å². The summed E-state index contributed by atoms with van der Waals surface area (Å²) < 4.78 is 0. The number of fused-ring (bicyclic) bond motifs is 2. The molecule has 0 aliphatic rings. The molecule has 2 heterocycles. The molecule has 0 unspecified atom stereocenters. The van der Waals surface area contributed by atoms with Crippen molar-refractivity contribution in [3.8, 4) is 0 Å². The lowest BCUT2D eigenvalue weighted by Crippen LogP contribution is -2.25. The van der Waals surface area contributed by atoms with Gasteiger partial charge < -0.3 is 4.90 Å². The molecule has 0 saturated heterocycles. The number of aromatic nitrogens is 1. The van der Waals surface area contributed by atoms with Crippen molar-refractivity contribution in [3.63, 3.8) is 0 Å². The second kappa shape index (κ2) is 5.97. The van der Waals surface area contributed by atoms with Gasteiger partial charge in [-0.15, -0.1) is 11.3 Å². The summed E-state index contributed by atoms with van der Waals surface area (Å²) in [4.78, 5) is 20.9. The molecule has 0 spiro atoms. The van der Waals surface area contributed by atoms with E-state index in [4.69, 9.17) is 4.98 Å². The van der Waals surface area contributed by atoms with Gasteiger partial charge in [0, 0.05) is 23.5 Å². The van der Waals surface area contributed by atoms with Crippen molar-refractivity contribution in [1.82, 2.24) is 4.98 Å². The zero-order valence-corrected chi connectivity index (χ0v) is 15.2. The Kier molecular flexibility index (Phi) is 3.77. The summed E-state index contributed by atoms with van der Waals surface area (Å²) in [6, 6.07) is 18.2. The normalized spacial score (nSPS) is 11.2. The van der Waals surface area contributed by atoms with E-state index in [0.717, 1.165) is 32.4 Å². The van der Waals surface area contributed by atoms with Gasteiger partial charge in [-0.3, -0.25) is 4.79 Å². The van der Waals surface area contributed by atoms with Crippen LogP contribution in [-0.4, -0.2) is 17.9 Å². The number of nitrogens with zero attached hydrogens (tertiary/aromatic N) is 2. The highest BCUT2D eigenvalue weighted by Crippen LogP contribution is 2.29. The molecule has 2 aromatic carbocycles. The van der Waals surface area contributed by atoms with Crippen molar-refractivity contribution in [1.29, 1.82) is 0 Å². The van der Waals surface area contributed by atoms with Crippen LogP contribution in [0.2, 0.25) is 0 Å². The van der Waals surface area contributed by atoms with Gasteiger partial charge in [0.1, 0.15) is 4.83 Å². The van der Waals surface area contributed by atoms with Crippen LogP contribution in [0, 0.1) is 13.8 Å². The Morgan fingerprint density at radius 1 is 0.960 bits per heavy atom. The molecular weight excluding hydrogens is 328 g/mol. The Labute approximate surface area is 150 Å². The van der Waals surface area contributed by atoms with Crippen molar-refractivity contribution < 1.29 is 4.79 Å². The minimum absolute atomic E-state index is 0.00571. The molecule has 0 radical (unpaired) electrons. The van der Waals surface area contributed by atoms with E-state index in [-0.39, 0.29) is 5.91 Å². The molecule has 3 nitrogen and oxygen atoms in total. The quantitative estimate of drug-likeness (QED) is 0.491. The molecule has 25 heavy (non-hydrogen) atoms. The first-order valence-electron chi connectivity index (χ1n) is 8.17. The van der Waals surface area contributed by atoms with Crippen LogP contribution in [0.1, 0.15) is 20.8 Å². The number of aryl methyl sites for hydroxylation is 2. The molecule has 0 saturated carbocycles. The fraction of sp³-hybridized carbons (Fsp3) is 0.143. The van der Waals surface area contributed by atoms with Crippen LogP contribution in [0.25, 0.3) is 21.1 Å². The zero-order chi connectivity index (χ0) is 17.6. The SMILES string of the molecule is Cc1cccc(N(C)C(=O)c2cc3cc4cc(C)ccc4nc3s2)c1. The first-order chi connectivity index (χ1) is 12.0. The number of amides is 1. The Morgan fingerprint density at radius 2 is 1.76 bits per heavy atom. The third kappa shape index (κ3) is 2.89. The lowest BCUT2D eigenvalue weighted by atomic mass is 10.1.